The first kappa shape index (κ1) is 18.8. The first-order valence-electron chi connectivity index (χ1n) is 8.90. The Morgan fingerprint density at radius 2 is 2.15 bits per heavy atom. The molecule has 0 fully saturated rings. The number of fused-ring (bicyclic) bond motifs is 1. The van der Waals surface area contributed by atoms with Gasteiger partial charge in [-0.25, -0.2) is 9.37 Å². The molecule has 0 spiro atoms. The molecule has 0 bridgehead atoms. The van der Waals surface area contributed by atoms with E-state index in [0.29, 0.717) is 12.5 Å². The van der Waals surface area contributed by atoms with Gasteiger partial charge in [0.05, 0.1) is 18.3 Å². The van der Waals surface area contributed by atoms with Gasteiger partial charge >= 0.3 is 0 Å². The molecule has 26 heavy (non-hydrogen) atoms. The highest BCUT2D eigenvalue weighted by Crippen LogP contribution is 2.27. The normalized spacial score (nSPS) is 15.5. The fourth-order valence-electron chi connectivity index (χ4n) is 3.18. The topological polar surface area (TPSA) is 60.8 Å². The van der Waals surface area contributed by atoms with Gasteiger partial charge in [-0.15, -0.1) is 11.3 Å². The second-order valence-electron chi connectivity index (χ2n) is 6.51. The van der Waals surface area contributed by atoms with E-state index in [9.17, 15) is 9.50 Å². The van der Waals surface area contributed by atoms with Gasteiger partial charge < -0.3 is 15.3 Å². The summed E-state index contributed by atoms with van der Waals surface area (Å²) in [6, 6.07) is 6.27. The van der Waals surface area contributed by atoms with Crippen LogP contribution in [0.3, 0.4) is 0 Å². The molecule has 1 aromatic heterocycles. The van der Waals surface area contributed by atoms with Crippen molar-refractivity contribution in [2.45, 2.75) is 38.3 Å². The Morgan fingerprint density at radius 1 is 1.38 bits per heavy atom. The number of hydrogen-bond acceptors (Lipinski definition) is 4. The van der Waals surface area contributed by atoms with Crippen molar-refractivity contribution in [3.8, 4) is 0 Å². The largest absolute Gasteiger partial charge is 0.386 e. The minimum absolute atomic E-state index is 0.187. The number of aliphatic imine (C=N–C) groups is 1. The van der Waals surface area contributed by atoms with E-state index >= 15 is 0 Å². The molecule has 0 radical (unpaired) electrons. The Balaban J connectivity index is 1.58. The Hall–Kier alpha value is -1.99. The maximum Gasteiger partial charge on any atom is 0.193 e. The van der Waals surface area contributed by atoms with Crippen LogP contribution in [0.2, 0.25) is 0 Å². The highest BCUT2D eigenvalue weighted by molar-refractivity contribution is 7.11. The summed E-state index contributed by atoms with van der Waals surface area (Å²) < 4.78 is 13.8. The van der Waals surface area contributed by atoms with Gasteiger partial charge in [0.15, 0.2) is 5.96 Å². The van der Waals surface area contributed by atoms with Gasteiger partial charge in [-0.1, -0.05) is 18.2 Å². The summed E-state index contributed by atoms with van der Waals surface area (Å²) in [5, 5.41) is 14.4. The molecule has 2 N–H and O–H groups in total. The Kier molecular flexibility index (Phi) is 6.21. The van der Waals surface area contributed by atoms with Crippen LogP contribution in [0.25, 0.3) is 0 Å². The van der Waals surface area contributed by atoms with Gasteiger partial charge in [-0.3, -0.25) is 4.99 Å². The van der Waals surface area contributed by atoms with Crippen molar-refractivity contribution in [3.63, 3.8) is 0 Å². The molecule has 7 heteroatoms. The first-order valence-corrected chi connectivity index (χ1v) is 9.72. The van der Waals surface area contributed by atoms with E-state index in [0.717, 1.165) is 17.8 Å². The molecule has 5 nitrogen and oxygen atoms in total. The van der Waals surface area contributed by atoms with Gasteiger partial charge in [-0.05, 0) is 31.7 Å². The number of thiazole rings is 1. The van der Waals surface area contributed by atoms with Crippen LogP contribution >= 0.6 is 11.3 Å². The summed E-state index contributed by atoms with van der Waals surface area (Å²) >= 11 is 1.78. The maximum absolute atomic E-state index is 13.8. The molecule has 3 rings (SSSR count). The zero-order valence-electron chi connectivity index (χ0n) is 15.2. The molecular formula is C19H25FN4OS. The van der Waals surface area contributed by atoms with Gasteiger partial charge in [0.2, 0.25) is 0 Å². The number of benzene rings is 1. The summed E-state index contributed by atoms with van der Waals surface area (Å²) in [5.74, 6) is 0.243. The third-order valence-electron chi connectivity index (χ3n) is 4.55. The Morgan fingerprint density at radius 3 is 2.88 bits per heavy atom. The molecule has 1 aliphatic rings. The smallest absolute Gasteiger partial charge is 0.193 e. The summed E-state index contributed by atoms with van der Waals surface area (Å²) in [6.07, 6.45) is 3.76. The molecular weight excluding hydrogens is 351 g/mol. The predicted octanol–water partition coefficient (Wildman–Crippen LogP) is 2.90. The molecule has 1 atom stereocenters. The monoisotopic (exact) mass is 376 g/mol. The molecule has 0 saturated carbocycles. The second-order valence-corrected chi connectivity index (χ2v) is 7.67. The average Bonchev–Trinajstić information content (AvgIpc) is 3.04. The van der Waals surface area contributed by atoms with Crippen LogP contribution in [-0.4, -0.2) is 41.6 Å². The molecule has 1 heterocycles. The predicted molar refractivity (Wildman–Crippen MR) is 103 cm³/mol. The third kappa shape index (κ3) is 4.40. The van der Waals surface area contributed by atoms with Crippen LogP contribution in [0.1, 0.15) is 40.1 Å². The lowest BCUT2D eigenvalue weighted by molar-refractivity contribution is 0.175. The zero-order valence-corrected chi connectivity index (χ0v) is 16.0. The van der Waals surface area contributed by atoms with Crippen molar-refractivity contribution < 1.29 is 9.50 Å². The number of nitrogens with zero attached hydrogens (tertiary/aromatic N) is 3. The van der Waals surface area contributed by atoms with E-state index in [1.54, 1.807) is 36.6 Å². The summed E-state index contributed by atoms with van der Waals surface area (Å²) in [7, 11) is 3.63. The number of aliphatic hydroxyl groups is 1. The van der Waals surface area contributed by atoms with Gasteiger partial charge in [0.25, 0.3) is 0 Å². The van der Waals surface area contributed by atoms with Crippen LogP contribution in [-0.2, 0) is 19.4 Å². The molecule has 0 saturated heterocycles. The Bertz CT molecular complexity index is 753. The standard InChI is InChI=1S/C19H25FN4OS/c1-21-19(22-11-16(25)13-7-3-4-8-14(13)20)24(2)12-18-23-15-9-5-6-10-17(15)26-18/h3-4,7-8,16,25H,5-6,9-12H2,1-2H3,(H,21,22). The van der Waals surface area contributed by atoms with Crippen LogP contribution in [0, 0.1) is 5.82 Å². The maximum atomic E-state index is 13.8. The highest BCUT2D eigenvalue weighted by atomic mass is 32.1. The lowest BCUT2D eigenvalue weighted by Crippen LogP contribution is -2.40. The Labute approximate surface area is 157 Å². The lowest BCUT2D eigenvalue weighted by Gasteiger charge is -2.22. The molecule has 2 aromatic rings. The third-order valence-corrected chi connectivity index (χ3v) is 5.70. The van der Waals surface area contributed by atoms with E-state index in [-0.39, 0.29) is 12.1 Å². The highest BCUT2D eigenvalue weighted by Gasteiger charge is 2.18. The van der Waals surface area contributed by atoms with Crippen LogP contribution in [0.5, 0.6) is 0 Å². The van der Waals surface area contributed by atoms with E-state index < -0.39 is 11.9 Å². The summed E-state index contributed by atoms with van der Waals surface area (Å²) in [4.78, 5) is 12.4. The number of guanidine groups is 1. The minimum atomic E-state index is -0.937. The van der Waals surface area contributed by atoms with Crippen molar-refractivity contribution in [1.29, 1.82) is 0 Å². The number of rotatable bonds is 5. The van der Waals surface area contributed by atoms with E-state index in [2.05, 4.69) is 10.3 Å². The number of aromatic nitrogens is 1. The fraction of sp³-hybridized carbons (Fsp3) is 0.474. The summed E-state index contributed by atoms with van der Waals surface area (Å²) in [5.41, 5.74) is 1.54. The minimum Gasteiger partial charge on any atom is -0.386 e. The summed E-state index contributed by atoms with van der Waals surface area (Å²) in [6.45, 7) is 0.847. The van der Waals surface area contributed by atoms with Crippen molar-refractivity contribution in [2.24, 2.45) is 4.99 Å². The molecule has 0 amide bonds. The van der Waals surface area contributed by atoms with Crippen LogP contribution in [0.15, 0.2) is 29.3 Å². The SMILES string of the molecule is CN=C(NCC(O)c1ccccc1F)N(C)Cc1nc2c(s1)CCCC2. The first-order chi connectivity index (χ1) is 12.6. The van der Waals surface area contributed by atoms with Crippen LogP contribution in [0.4, 0.5) is 4.39 Å². The van der Waals surface area contributed by atoms with Crippen molar-refractivity contribution in [2.75, 3.05) is 20.6 Å². The lowest BCUT2D eigenvalue weighted by atomic mass is 10.0. The average molecular weight is 377 g/mol. The number of aliphatic hydroxyl groups excluding tert-OH is 1. The molecule has 1 aromatic carbocycles. The van der Waals surface area contributed by atoms with Gasteiger partial charge in [0, 0.05) is 31.1 Å². The van der Waals surface area contributed by atoms with Crippen molar-refractivity contribution in [3.05, 3.63) is 51.2 Å². The van der Waals surface area contributed by atoms with E-state index in [1.807, 2.05) is 11.9 Å². The second kappa shape index (κ2) is 8.60. The van der Waals surface area contributed by atoms with Crippen molar-refractivity contribution in [1.82, 2.24) is 15.2 Å². The molecule has 0 aliphatic heterocycles. The number of aryl methyl sites for hydroxylation is 2. The zero-order chi connectivity index (χ0) is 18.5. The number of nitrogens with one attached hydrogen (secondary N) is 1. The molecule has 140 valence electrons. The van der Waals surface area contributed by atoms with Gasteiger partial charge in [-0.2, -0.15) is 0 Å². The molecule has 1 unspecified atom stereocenters. The van der Waals surface area contributed by atoms with Crippen molar-refractivity contribution >= 4 is 17.3 Å². The van der Waals surface area contributed by atoms with E-state index in [4.69, 9.17) is 4.98 Å². The fourth-order valence-corrected chi connectivity index (χ4v) is 4.39. The van der Waals surface area contributed by atoms with Gasteiger partial charge in [0.1, 0.15) is 10.8 Å². The number of hydrogen-bond donors (Lipinski definition) is 2. The van der Waals surface area contributed by atoms with E-state index in [1.165, 1.54) is 29.5 Å². The van der Waals surface area contributed by atoms with Crippen LogP contribution < -0.4 is 5.32 Å². The number of halogens is 1. The quantitative estimate of drug-likeness (QED) is 0.622. The molecule has 1 aliphatic carbocycles.